The fraction of sp³-hybridized carbons (Fsp3) is 0.679. The number of hydrogen-bond acceptors (Lipinski definition) is 4. The van der Waals surface area contributed by atoms with Crippen LogP contribution in [-0.4, -0.2) is 76.1 Å². The highest BCUT2D eigenvalue weighted by Crippen LogP contribution is 2.37. The fourth-order valence-electron chi connectivity index (χ4n) is 5.73. The molecule has 2 fully saturated rings. The molecule has 0 radical (unpaired) electrons. The van der Waals surface area contributed by atoms with E-state index >= 15 is 0 Å². The van der Waals surface area contributed by atoms with Crippen LogP contribution in [-0.2, 0) is 11.0 Å². The Kier molecular flexibility index (Phi) is 9.69. The molecule has 1 aromatic carbocycles. The van der Waals surface area contributed by atoms with Crippen molar-refractivity contribution in [1.29, 1.82) is 5.26 Å². The monoisotopic (exact) mass is 551 g/mol. The van der Waals surface area contributed by atoms with Gasteiger partial charge in [0.05, 0.1) is 22.7 Å². The molecule has 10 heteroatoms. The molecule has 210 valence electrons. The molecule has 2 heterocycles. The zero-order chi connectivity index (χ0) is 28.3. The summed E-state index contributed by atoms with van der Waals surface area (Å²) in [6.07, 6.45) is 0.798. The van der Waals surface area contributed by atoms with E-state index in [1.54, 1.807) is 24.0 Å². The smallest absolute Gasteiger partial charge is 0.342 e. The largest absolute Gasteiger partial charge is 0.417 e. The number of nitrogens with zero attached hydrogens (tertiary/aromatic N) is 5. The van der Waals surface area contributed by atoms with Gasteiger partial charge in [0.1, 0.15) is 0 Å². The molecule has 1 amide bonds. The minimum absolute atomic E-state index is 0.148. The molecule has 0 aromatic heterocycles. The Bertz CT molecular complexity index is 1040. The van der Waals surface area contributed by atoms with Gasteiger partial charge in [-0.05, 0) is 77.5 Å². The van der Waals surface area contributed by atoms with Gasteiger partial charge < -0.3 is 14.7 Å². The van der Waals surface area contributed by atoms with Crippen molar-refractivity contribution in [3.05, 3.63) is 29.3 Å². The molecule has 2 saturated heterocycles. The lowest BCUT2D eigenvalue weighted by atomic mass is 10.0. The molecular formula is C28H40F3N5OS. The number of anilines is 1. The maximum absolute atomic E-state index is 13.5. The number of halogens is 3. The van der Waals surface area contributed by atoms with Crippen LogP contribution in [0.2, 0.25) is 0 Å². The first-order chi connectivity index (χ1) is 17.8. The highest BCUT2D eigenvalue weighted by molar-refractivity contribution is 7.80. The van der Waals surface area contributed by atoms with Gasteiger partial charge in [0.25, 0.3) is 0 Å². The molecule has 2 aliphatic heterocycles. The molecule has 0 bridgehead atoms. The van der Waals surface area contributed by atoms with Crippen LogP contribution >= 0.6 is 12.2 Å². The molecule has 6 nitrogen and oxygen atoms in total. The van der Waals surface area contributed by atoms with Gasteiger partial charge in [0.15, 0.2) is 5.11 Å². The van der Waals surface area contributed by atoms with Crippen LogP contribution in [0.5, 0.6) is 0 Å². The van der Waals surface area contributed by atoms with Gasteiger partial charge >= 0.3 is 6.18 Å². The van der Waals surface area contributed by atoms with E-state index in [9.17, 15) is 18.0 Å². The van der Waals surface area contributed by atoms with Crippen LogP contribution in [0.1, 0.15) is 77.8 Å². The lowest BCUT2D eigenvalue weighted by molar-refractivity contribution is -0.137. The zero-order valence-corrected chi connectivity index (χ0v) is 24.0. The normalized spacial score (nSPS) is 22.2. The van der Waals surface area contributed by atoms with Gasteiger partial charge in [-0.15, -0.1) is 0 Å². The quantitative estimate of drug-likeness (QED) is 0.292. The summed E-state index contributed by atoms with van der Waals surface area (Å²) in [5.74, 6) is 0.148. The Morgan fingerprint density at radius 3 is 2.21 bits per heavy atom. The summed E-state index contributed by atoms with van der Waals surface area (Å²) in [5, 5.41) is 9.62. The molecule has 3 rings (SSSR count). The van der Waals surface area contributed by atoms with Crippen molar-refractivity contribution >= 4 is 28.9 Å². The summed E-state index contributed by atoms with van der Waals surface area (Å²) < 4.78 is 40.4. The van der Waals surface area contributed by atoms with Crippen LogP contribution < -0.4 is 4.90 Å². The number of piperazine rings is 1. The SMILES string of the molecule is CC(=O)N1CC(C)N(CCCCCCCN2C(=S)N(c3ccc(C#N)c(C(F)(F)F)c3)CC2(C)C)C(C)C1. The van der Waals surface area contributed by atoms with E-state index < -0.39 is 11.7 Å². The highest BCUT2D eigenvalue weighted by Gasteiger charge is 2.42. The third-order valence-corrected chi connectivity index (χ3v) is 8.26. The maximum Gasteiger partial charge on any atom is 0.417 e. The third-order valence-electron chi connectivity index (χ3n) is 7.82. The Morgan fingerprint density at radius 1 is 1.08 bits per heavy atom. The molecule has 2 atom stereocenters. The number of nitriles is 1. The first-order valence-corrected chi connectivity index (χ1v) is 13.9. The van der Waals surface area contributed by atoms with Crippen molar-refractivity contribution in [2.45, 2.75) is 90.5 Å². The summed E-state index contributed by atoms with van der Waals surface area (Å²) >= 11 is 5.70. The van der Waals surface area contributed by atoms with Crippen LogP contribution in [0.3, 0.4) is 0 Å². The molecule has 0 N–H and O–H groups in total. The third kappa shape index (κ3) is 6.97. The van der Waals surface area contributed by atoms with Crippen LogP contribution in [0.15, 0.2) is 18.2 Å². The summed E-state index contributed by atoms with van der Waals surface area (Å²) in [6.45, 7) is 14.0. The molecule has 0 saturated carbocycles. The lowest BCUT2D eigenvalue weighted by Gasteiger charge is -2.44. The van der Waals surface area contributed by atoms with Gasteiger partial charge in [-0.2, -0.15) is 18.4 Å². The van der Waals surface area contributed by atoms with Gasteiger partial charge in [0, 0.05) is 50.9 Å². The summed E-state index contributed by atoms with van der Waals surface area (Å²) in [6, 6.07) is 6.17. The molecular weight excluding hydrogens is 511 g/mol. The average molecular weight is 552 g/mol. The van der Waals surface area contributed by atoms with Crippen molar-refractivity contribution in [2.75, 3.05) is 37.6 Å². The second-order valence-corrected chi connectivity index (χ2v) is 11.7. The molecule has 2 unspecified atom stereocenters. The van der Waals surface area contributed by atoms with Gasteiger partial charge in [0.2, 0.25) is 5.91 Å². The topological polar surface area (TPSA) is 53.8 Å². The van der Waals surface area contributed by atoms with Crippen molar-refractivity contribution in [3.63, 3.8) is 0 Å². The zero-order valence-electron chi connectivity index (χ0n) is 23.1. The van der Waals surface area contributed by atoms with Crippen molar-refractivity contribution in [3.8, 4) is 6.07 Å². The molecule has 0 aliphatic carbocycles. The number of unbranched alkanes of at least 4 members (excludes halogenated alkanes) is 4. The Morgan fingerprint density at radius 2 is 1.66 bits per heavy atom. The number of benzene rings is 1. The van der Waals surface area contributed by atoms with E-state index in [4.69, 9.17) is 17.5 Å². The summed E-state index contributed by atoms with van der Waals surface area (Å²) in [4.78, 5) is 20.0. The molecule has 38 heavy (non-hydrogen) atoms. The number of thiocarbonyl (C=S) groups is 1. The summed E-state index contributed by atoms with van der Waals surface area (Å²) in [5.41, 5.74) is -1.26. The number of alkyl halides is 3. The summed E-state index contributed by atoms with van der Waals surface area (Å²) in [7, 11) is 0. The van der Waals surface area contributed by atoms with Gasteiger partial charge in [-0.1, -0.05) is 19.3 Å². The number of rotatable bonds is 9. The molecule has 1 aromatic rings. The van der Waals surface area contributed by atoms with Crippen LogP contribution in [0.4, 0.5) is 18.9 Å². The highest BCUT2D eigenvalue weighted by atomic mass is 32.1. The van der Waals surface area contributed by atoms with E-state index in [0.717, 1.165) is 64.3 Å². The Labute approximate surface area is 230 Å². The van der Waals surface area contributed by atoms with Crippen LogP contribution in [0, 0.1) is 11.3 Å². The van der Waals surface area contributed by atoms with E-state index in [0.29, 0.717) is 29.4 Å². The first kappa shape index (κ1) is 30.2. The number of hydrogen-bond donors (Lipinski definition) is 0. The van der Waals surface area contributed by atoms with Crippen LogP contribution in [0.25, 0.3) is 0 Å². The fourth-order valence-corrected chi connectivity index (χ4v) is 6.23. The Balaban J connectivity index is 1.47. The van der Waals surface area contributed by atoms with E-state index in [-0.39, 0.29) is 17.0 Å². The van der Waals surface area contributed by atoms with Gasteiger partial charge in [-0.25, -0.2) is 0 Å². The lowest BCUT2D eigenvalue weighted by Crippen LogP contribution is -2.57. The van der Waals surface area contributed by atoms with Gasteiger partial charge in [-0.3, -0.25) is 9.69 Å². The van der Waals surface area contributed by atoms with E-state index in [2.05, 4.69) is 37.5 Å². The minimum Gasteiger partial charge on any atom is -0.342 e. The van der Waals surface area contributed by atoms with Crippen molar-refractivity contribution in [1.82, 2.24) is 14.7 Å². The van der Waals surface area contributed by atoms with E-state index in [1.807, 2.05) is 4.90 Å². The maximum atomic E-state index is 13.5. The predicted molar refractivity (Wildman–Crippen MR) is 148 cm³/mol. The number of carbonyl (C=O) groups is 1. The van der Waals surface area contributed by atoms with Crippen molar-refractivity contribution < 1.29 is 18.0 Å². The Hall–Kier alpha value is -2.38. The van der Waals surface area contributed by atoms with E-state index in [1.165, 1.54) is 6.07 Å². The number of amides is 1. The first-order valence-electron chi connectivity index (χ1n) is 13.5. The average Bonchev–Trinajstić information content (AvgIpc) is 3.06. The predicted octanol–water partition coefficient (Wildman–Crippen LogP) is 5.65. The minimum atomic E-state index is -4.60. The molecule has 0 spiro atoms. The molecule has 2 aliphatic rings. The second kappa shape index (κ2) is 12.2. The van der Waals surface area contributed by atoms with Crippen molar-refractivity contribution in [2.24, 2.45) is 0 Å². The second-order valence-electron chi connectivity index (χ2n) is 11.3. The standard InChI is InChI=1S/C28H40F3N5OS/c1-20-17-33(22(3)37)18-21(2)34(20)13-9-7-6-8-10-14-36-26(38)35(19-27(36,4)5)24-12-11-23(16-32)25(15-24)28(29,30)31/h11-12,15,20-21H,6-10,13-14,17-19H2,1-5H3. The number of carbonyl (C=O) groups excluding carboxylic acids is 1.